The molecule has 1 aromatic heterocycles. The third-order valence-corrected chi connectivity index (χ3v) is 6.88. The molecule has 2 amide bonds. The molecule has 30 heavy (non-hydrogen) atoms. The first-order valence-electron chi connectivity index (χ1n) is 10.9. The molecule has 7 heteroatoms. The fourth-order valence-electron chi connectivity index (χ4n) is 4.25. The molecule has 2 heterocycles. The number of rotatable bonds is 6. The third kappa shape index (κ3) is 4.67. The molecule has 1 aliphatic carbocycles. The quantitative estimate of drug-likeness (QED) is 0.641. The van der Waals surface area contributed by atoms with E-state index < -0.39 is 6.10 Å². The number of benzene rings is 1. The number of unbranched alkanes of at least 4 members (excludes halogenated alkanes) is 1. The standard InChI is InChI=1S/C23H29N3O3S/c1-3-4-5-15-6-8-16(9-7-15)22(28)26-23-25-19(13-30-23)17-10-11-20-18(12-17)24-21(27)14(2)29-20/h10-16H,3-9H2,1-2H3,(H,24,27)(H,25,26,28). The number of nitrogens with zero attached hydrogens (tertiary/aromatic N) is 1. The van der Waals surface area contributed by atoms with Crippen LogP contribution in [0.15, 0.2) is 23.6 Å². The van der Waals surface area contributed by atoms with E-state index in [2.05, 4.69) is 22.5 Å². The van der Waals surface area contributed by atoms with Crippen LogP contribution in [0.3, 0.4) is 0 Å². The first kappa shape index (κ1) is 20.8. The van der Waals surface area contributed by atoms with Crippen molar-refractivity contribution in [2.45, 2.75) is 64.9 Å². The summed E-state index contributed by atoms with van der Waals surface area (Å²) in [4.78, 5) is 29.1. The lowest BCUT2D eigenvalue weighted by atomic mass is 9.79. The van der Waals surface area contributed by atoms with Gasteiger partial charge in [-0.1, -0.05) is 26.2 Å². The molecule has 0 spiro atoms. The summed E-state index contributed by atoms with van der Waals surface area (Å²) in [6.45, 7) is 3.95. The van der Waals surface area contributed by atoms with Gasteiger partial charge >= 0.3 is 0 Å². The van der Waals surface area contributed by atoms with Gasteiger partial charge in [-0.15, -0.1) is 11.3 Å². The number of aromatic nitrogens is 1. The maximum Gasteiger partial charge on any atom is 0.265 e. The number of hydrogen-bond donors (Lipinski definition) is 2. The predicted octanol–water partition coefficient (Wildman–Crippen LogP) is 5.46. The Kier molecular flexibility index (Phi) is 6.37. The van der Waals surface area contributed by atoms with Crippen molar-refractivity contribution in [1.82, 2.24) is 4.98 Å². The monoisotopic (exact) mass is 427 g/mol. The Bertz CT molecular complexity index is 918. The van der Waals surface area contributed by atoms with E-state index in [0.717, 1.165) is 42.9 Å². The Labute approximate surface area is 181 Å². The second kappa shape index (κ2) is 9.16. The first-order valence-corrected chi connectivity index (χ1v) is 11.8. The topological polar surface area (TPSA) is 80.3 Å². The average Bonchev–Trinajstić information content (AvgIpc) is 3.21. The fourth-order valence-corrected chi connectivity index (χ4v) is 4.97. The van der Waals surface area contributed by atoms with Crippen molar-refractivity contribution in [2.24, 2.45) is 11.8 Å². The highest BCUT2D eigenvalue weighted by Gasteiger charge is 2.27. The van der Waals surface area contributed by atoms with Gasteiger partial charge < -0.3 is 15.4 Å². The second-order valence-electron chi connectivity index (χ2n) is 8.35. The lowest BCUT2D eigenvalue weighted by Crippen LogP contribution is -2.34. The number of carbonyl (C=O) groups excluding carboxylic acids is 2. The number of fused-ring (bicyclic) bond motifs is 1. The van der Waals surface area contributed by atoms with Crippen molar-refractivity contribution in [2.75, 3.05) is 10.6 Å². The predicted molar refractivity (Wildman–Crippen MR) is 120 cm³/mol. The van der Waals surface area contributed by atoms with Crippen LogP contribution in [0.2, 0.25) is 0 Å². The Morgan fingerprint density at radius 2 is 2.10 bits per heavy atom. The summed E-state index contributed by atoms with van der Waals surface area (Å²) in [6.07, 6.45) is 7.60. The molecular weight excluding hydrogens is 398 g/mol. The number of amides is 2. The normalized spacial score (nSPS) is 23.3. The molecule has 1 atom stereocenters. The zero-order chi connectivity index (χ0) is 21.1. The molecule has 6 nitrogen and oxygen atoms in total. The van der Waals surface area contributed by atoms with Gasteiger partial charge in [-0.3, -0.25) is 9.59 Å². The number of carbonyl (C=O) groups is 2. The molecule has 0 saturated heterocycles. The molecule has 2 aromatic rings. The van der Waals surface area contributed by atoms with Crippen LogP contribution in [0.5, 0.6) is 5.75 Å². The highest BCUT2D eigenvalue weighted by atomic mass is 32.1. The van der Waals surface area contributed by atoms with E-state index in [1.54, 1.807) is 6.92 Å². The van der Waals surface area contributed by atoms with E-state index in [0.29, 0.717) is 16.6 Å². The molecule has 4 rings (SSSR count). The van der Waals surface area contributed by atoms with Gasteiger partial charge in [0.2, 0.25) is 5.91 Å². The van der Waals surface area contributed by atoms with Gasteiger partial charge in [-0.25, -0.2) is 4.98 Å². The highest BCUT2D eigenvalue weighted by molar-refractivity contribution is 7.14. The molecule has 1 saturated carbocycles. The second-order valence-corrected chi connectivity index (χ2v) is 9.21. The van der Waals surface area contributed by atoms with E-state index >= 15 is 0 Å². The van der Waals surface area contributed by atoms with E-state index in [1.807, 2.05) is 23.6 Å². The Morgan fingerprint density at radius 3 is 2.87 bits per heavy atom. The van der Waals surface area contributed by atoms with E-state index in [4.69, 9.17) is 4.74 Å². The molecule has 1 aromatic carbocycles. The Morgan fingerprint density at radius 1 is 1.30 bits per heavy atom. The summed E-state index contributed by atoms with van der Waals surface area (Å²) in [5.41, 5.74) is 2.30. The number of anilines is 2. The summed E-state index contributed by atoms with van der Waals surface area (Å²) >= 11 is 1.43. The minimum Gasteiger partial charge on any atom is -0.479 e. The van der Waals surface area contributed by atoms with Gasteiger partial charge in [-0.2, -0.15) is 0 Å². The summed E-state index contributed by atoms with van der Waals surface area (Å²) in [6, 6.07) is 5.62. The zero-order valence-electron chi connectivity index (χ0n) is 17.6. The fraction of sp³-hybridized carbons (Fsp3) is 0.522. The maximum absolute atomic E-state index is 12.7. The van der Waals surface area contributed by atoms with Crippen LogP contribution < -0.4 is 15.4 Å². The number of hydrogen-bond acceptors (Lipinski definition) is 5. The van der Waals surface area contributed by atoms with Crippen molar-refractivity contribution in [1.29, 1.82) is 0 Å². The molecule has 1 unspecified atom stereocenters. The minimum absolute atomic E-state index is 0.0879. The lowest BCUT2D eigenvalue weighted by molar-refractivity contribution is -0.123. The number of nitrogens with one attached hydrogen (secondary N) is 2. The highest BCUT2D eigenvalue weighted by Crippen LogP contribution is 2.36. The molecule has 2 aliphatic rings. The maximum atomic E-state index is 12.7. The summed E-state index contributed by atoms with van der Waals surface area (Å²) in [7, 11) is 0. The van der Waals surface area contributed by atoms with Crippen LogP contribution in [0.4, 0.5) is 10.8 Å². The largest absolute Gasteiger partial charge is 0.479 e. The van der Waals surface area contributed by atoms with E-state index in [1.165, 1.54) is 30.6 Å². The zero-order valence-corrected chi connectivity index (χ0v) is 18.4. The van der Waals surface area contributed by atoms with Crippen molar-refractivity contribution in [3.05, 3.63) is 23.6 Å². The molecule has 0 radical (unpaired) electrons. The van der Waals surface area contributed by atoms with Crippen LogP contribution in [0.1, 0.15) is 58.8 Å². The average molecular weight is 428 g/mol. The van der Waals surface area contributed by atoms with Crippen molar-refractivity contribution >= 4 is 34.0 Å². The van der Waals surface area contributed by atoms with Crippen molar-refractivity contribution in [3.63, 3.8) is 0 Å². The summed E-state index contributed by atoms with van der Waals surface area (Å²) < 4.78 is 5.60. The molecule has 1 fully saturated rings. The Balaban J connectivity index is 1.36. The molecule has 0 bridgehead atoms. The van der Waals surface area contributed by atoms with Crippen molar-refractivity contribution in [3.8, 4) is 17.0 Å². The lowest BCUT2D eigenvalue weighted by Gasteiger charge is -2.27. The smallest absolute Gasteiger partial charge is 0.265 e. The number of ether oxygens (including phenoxy) is 1. The third-order valence-electron chi connectivity index (χ3n) is 6.12. The van der Waals surface area contributed by atoms with Crippen LogP contribution >= 0.6 is 11.3 Å². The molecular formula is C23H29N3O3S. The van der Waals surface area contributed by atoms with Crippen LogP contribution in [0, 0.1) is 11.8 Å². The Hall–Kier alpha value is -2.41. The van der Waals surface area contributed by atoms with E-state index in [9.17, 15) is 9.59 Å². The first-order chi connectivity index (χ1) is 14.5. The van der Waals surface area contributed by atoms with Crippen LogP contribution in [0.25, 0.3) is 11.3 Å². The van der Waals surface area contributed by atoms with Gasteiger partial charge in [-0.05, 0) is 56.7 Å². The summed E-state index contributed by atoms with van der Waals surface area (Å²) in [5, 5.41) is 8.41. The number of thiazole rings is 1. The molecule has 2 N–H and O–H groups in total. The van der Waals surface area contributed by atoms with Crippen molar-refractivity contribution < 1.29 is 14.3 Å². The van der Waals surface area contributed by atoms with Gasteiger partial charge in [0.15, 0.2) is 11.2 Å². The molecule has 1 aliphatic heterocycles. The van der Waals surface area contributed by atoms with Gasteiger partial charge in [0, 0.05) is 16.9 Å². The molecule has 160 valence electrons. The van der Waals surface area contributed by atoms with Crippen LogP contribution in [-0.4, -0.2) is 22.9 Å². The van der Waals surface area contributed by atoms with Gasteiger partial charge in [0.25, 0.3) is 5.91 Å². The SMILES string of the molecule is CCCCC1CCC(C(=O)Nc2nc(-c3ccc4c(c3)NC(=O)C(C)O4)cs2)CC1. The summed E-state index contributed by atoms with van der Waals surface area (Å²) in [5.74, 6) is 1.47. The van der Waals surface area contributed by atoms with Gasteiger partial charge in [0.1, 0.15) is 5.75 Å². The van der Waals surface area contributed by atoms with Crippen LogP contribution in [-0.2, 0) is 9.59 Å². The van der Waals surface area contributed by atoms with Gasteiger partial charge in [0.05, 0.1) is 11.4 Å². The minimum atomic E-state index is -0.494. The van der Waals surface area contributed by atoms with E-state index in [-0.39, 0.29) is 17.7 Å².